The number of piperidine rings is 1. The number of fused-ring (bicyclic) bond motifs is 3. The molecule has 43 heavy (non-hydrogen) atoms. The van der Waals surface area contributed by atoms with Crippen molar-refractivity contribution in [2.45, 2.75) is 84.6 Å². The Morgan fingerprint density at radius 1 is 1.07 bits per heavy atom. The van der Waals surface area contributed by atoms with Crippen LogP contribution in [-0.4, -0.2) is 34.7 Å². The molecule has 2 fully saturated rings. The van der Waals surface area contributed by atoms with E-state index >= 15 is 0 Å². The van der Waals surface area contributed by atoms with E-state index in [0.717, 1.165) is 34.7 Å². The van der Waals surface area contributed by atoms with Gasteiger partial charge in [0, 0.05) is 42.5 Å². The van der Waals surface area contributed by atoms with Crippen molar-refractivity contribution >= 4 is 28.7 Å². The van der Waals surface area contributed by atoms with Crippen LogP contribution in [0.3, 0.4) is 0 Å². The van der Waals surface area contributed by atoms with Crippen LogP contribution in [-0.2, 0) is 11.3 Å². The molecule has 0 bridgehead atoms. The number of ketones is 1. The lowest BCUT2D eigenvalue weighted by Crippen LogP contribution is -2.29. The van der Waals surface area contributed by atoms with Gasteiger partial charge in [0.15, 0.2) is 5.78 Å². The van der Waals surface area contributed by atoms with Crippen molar-refractivity contribution in [1.29, 1.82) is 0 Å². The minimum atomic E-state index is 0.192. The SMILES string of the molecule is C=C1/C=C\C=C/C(=C)c2c(C3CCCCC3)c3ccc(C(=O)CC)cc3n2C/C(C)=C\1.C=CN1CCCC(C)C1.NC=O. The molecule has 1 aliphatic carbocycles. The fourth-order valence-electron chi connectivity index (χ4n) is 6.55. The van der Waals surface area contributed by atoms with Crippen LogP contribution in [0.4, 0.5) is 0 Å². The number of allylic oxidation sites excluding steroid dienone is 8. The number of rotatable bonds is 4. The van der Waals surface area contributed by atoms with Crippen LogP contribution in [0.25, 0.3) is 16.5 Å². The molecule has 2 aromatic rings. The van der Waals surface area contributed by atoms with Crippen LogP contribution >= 0.6 is 0 Å². The molecule has 1 aromatic heterocycles. The molecule has 0 radical (unpaired) electrons. The quantitative estimate of drug-likeness (QED) is 0.290. The standard InChI is InChI=1S/C29H33NO.C8H15N.CH3NO/c1-5-27(31)24-15-16-25-26(18-24)30-19-21(3)17-20(2)11-9-10-12-22(4)29(30)28(25)23-13-7-6-8-14-23;1-3-9-6-4-5-8(2)7-9;2-1-3/h9-12,15-18,23H,2,4-8,13-14,19H2,1,3H3;3,8H,1,4-7H2,2H3;1H,(H2,2,3)/b11-9-,12-10-,21-17-;;. The Hall–Kier alpha value is -3.86. The maximum Gasteiger partial charge on any atom is 0.204 e. The van der Waals surface area contributed by atoms with E-state index in [1.54, 1.807) is 0 Å². The van der Waals surface area contributed by atoms with Gasteiger partial charge in [-0.3, -0.25) is 9.59 Å². The predicted octanol–water partition coefficient (Wildman–Crippen LogP) is 8.89. The molecule has 1 unspecified atom stereocenters. The second kappa shape index (κ2) is 16.7. The molecule has 1 saturated carbocycles. The molecule has 1 aromatic carbocycles. The number of carbonyl (C=O) groups excluding carboxylic acids is 2. The monoisotopic (exact) mass is 581 g/mol. The molecule has 2 N–H and O–H groups in total. The molecule has 5 nitrogen and oxygen atoms in total. The first-order valence-corrected chi connectivity index (χ1v) is 15.8. The molecule has 1 saturated heterocycles. The second-order valence-corrected chi connectivity index (χ2v) is 12.1. The van der Waals surface area contributed by atoms with Gasteiger partial charge in [-0.2, -0.15) is 0 Å². The Kier molecular flexibility index (Phi) is 13.1. The first-order chi connectivity index (χ1) is 20.7. The molecule has 2 aliphatic heterocycles. The Labute approximate surface area is 259 Å². The highest BCUT2D eigenvalue weighted by molar-refractivity contribution is 6.01. The average molecular weight is 582 g/mol. The van der Waals surface area contributed by atoms with Crippen molar-refractivity contribution in [1.82, 2.24) is 9.47 Å². The predicted molar refractivity (Wildman–Crippen MR) is 183 cm³/mol. The van der Waals surface area contributed by atoms with E-state index in [0.29, 0.717) is 12.3 Å². The van der Waals surface area contributed by atoms with Gasteiger partial charge in [0.1, 0.15) is 0 Å². The van der Waals surface area contributed by atoms with Crippen molar-refractivity contribution in [3.63, 3.8) is 0 Å². The molecule has 1 atom stereocenters. The minimum Gasteiger partial charge on any atom is -0.378 e. The molecule has 5 heteroatoms. The smallest absolute Gasteiger partial charge is 0.204 e. The Morgan fingerprint density at radius 2 is 1.77 bits per heavy atom. The number of primary amides is 1. The summed E-state index contributed by atoms with van der Waals surface area (Å²) in [5.74, 6) is 1.61. The number of hydrogen-bond donors (Lipinski definition) is 1. The number of aromatic nitrogens is 1. The van der Waals surface area contributed by atoms with Crippen molar-refractivity contribution in [3.05, 3.63) is 102 Å². The zero-order valence-corrected chi connectivity index (χ0v) is 26.6. The molecule has 1 amide bonds. The summed E-state index contributed by atoms with van der Waals surface area (Å²) >= 11 is 0. The fraction of sp³-hybridized carbons (Fsp3) is 0.421. The van der Waals surface area contributed by atoms with E-state index in [-0.39, 0.29) is 12.2 Å². The van der Waals surface area contributed by atoms with Gasteiger partial charge in [0.05, 0.1) is 5.69 Å². The van der Waals surface area contributed by atoms with Gasteiger partial charge in [0.25, 0.3) is 0 Å². The van der Waals surface area contributed by atoms with E-state index < -0.39 is 0 Å². The Morgan fingerprint density at radius 3 is 2.40 bits per heavy atom. The first-order valence-electron chi connectivity index (χ1n) is 15.8. The minimum absolute atomic E-state index is 0.192. The van der Waals surface area contributed by atoms with Crippen LogP contribution in [0.5, 0.6) is 0 Å². The van der Waals surface area contributed by atoms with Crippen molar-refractivity contribution in [3.8, 4) is 0 Å². The highest BCUT2D eigenvalue weighted by Crippen LogP contribution is 2.43. The van der Waals surface area contributed by atoms with E-state index in [4.69, 9.17) is 4.79 Å². The van der Waals surface area contributed by atoms with Gasteiger partial charge < -0.3 is 15.2 Å². The normalized spacial score (nSPS) is 21.9. The fourth-order valence-corrected chi connectivity index (χ4v) is 6.55. The molecular formula is C38H51N3O2. The molecule has 5 rings (SSSR count). The highest BCUT2D eigenvalue weighted by atomic mass is 16.1. The van der Waals surface area contributed by atoms with Crippen LogP contribution < -0.4 is 5.73 Å². The van der Waals surface area contributed by atoms with Gasteiger partial charge in [-0.1, -0.05) is 101 Å². The number of benzene rings is 1. The summed E-state index contributed by atoms with van der Waals surface area (Å²) in [5, 5.41) is 1.28. The number of Topliss-reactive ketones (excluding diaryl/α,β-unsaturated/α-hetero) is 1. The lowest BCUT2D eigenvalue weighted by atomic mass is 9.81. The Balaban J connectivity index is 0.000000354. The number of nitrogens with zero attached hydrogens (tertiary/aromatic N) is 2. The number of amides is 1. The molecule has 3 heterocycles. The zero-order valence-electron chi connectivity index (χ0n) is 26.6. The summed E-state index contributed by atoms with van der Waals surface area (Å²) in [6, 6.07) is 6.31. The van der Waals surface area contributed by atoms with Crippen LogP contribution in [0, 0.1) is 5.92 Å². The first kappa shape index (κ1) is 33.6. The molecular weight excluding hydrogens is 530 g/mol. The van der Waals surface area contributed by atoms with Gasteiger partial charge in [-0.05, 0) is 73.4 Å². The van der Waals surface area contributed by atoms with Gasteiger partial charge >= 0.3 is 0 Å². The summed E-state index contributed by atoms with van der Waals surface area (Å²) in [5.41, 5.74) is 12.0. The second-order valence-electron chi connectivity index (χ2n) is 12.1. The lowest BCUT2D eigenvalue weighted by Gasteiger charge is -2.29. The summed E-state index contributed by atoms with van der Waals surface area (Å²) in [7, 11) is 0. The van der Waals surface area contributed by atoms with Crippen molar-refractivity contribution in [2.75, 3.05) is 13.1 Å². The summed E-state index contributed by atoms with van der Waals surface area (Å²) in [4.78, 5) is 23.4. The maximum absolute atomic E-state index is 12.5. The van der Waals surface area contributed by atoms with Crippen LogP contribution in [0.2, 0.25) is 0 Å². The van der Waals surface area contributed by atoms with Crippen LogP contribution in [0.15, 0.2) is 85.7 Å². The average Bonchev–Trinajstić information content (AvgIpc) is 3.31. The van der Waals surface area contributed by atoms with Crippen LogP contribution in [0.1, 0.15) is 99.7 Å². The van der Waals surface area contributed by atoms with E-state index in [9.17, 15) is 4.79 Å². The lowest BCUT2D eigenvalue weighted by molar-refractivity contribution is -0.106. The number of likely N-dealkylation sites (tertiary alicyclic amines) is 1. The Bertz CT molecular complexity index is 1400. The third-order valence-corrected chi connectivity index (χ3v) is 8.57. The summed E-state index contributed by atoms with van der Waals surface area (Å²) in [6.45, 7) is 22.0. The van der Waals surface area contributed by atoms with Gasteiger partial charge in [0.2, 0.25) is 6.41 Å². The van der Waals surface area contributed by atoms with Crippen molar-refractivity contribution in [2.24, 2.45) is 11.7 Å². The number of hydrogen-bond acceptors (Lipinski definition) is 3. The summed E-state index contributed by atoms with van der Waals surface area (Å²) < 4.78 is 2.39. The van der Waals surface area contributed by atoms with Gasteiger partial charge in [-0.25, -0.2) is 0 Å². The van der Waals surface area contributed by atoms with Crippen molar-refractivity contribution < 1.29 is 9.59 Å². The van der Waals surface area contributed by atoms with Gasteiger partial charge in [-0.15, -0.1) is 0 Å². The molecule has 3 aliphatic rings. The summed E-state index contributed by atoms with van der Waals surface area (Å²) in [6.07, 6.45) is 22.2. The highest BCUT2D eigenvalue weighted by Gasteiger charge is 2.27. The zero-order chi connectivity index (χ0) is 31.4. The molecule has 0 spiro atoms. The third kappa shape index (κ3) is 9.06. The topological polar surface area (TPSA) is 68.3 Å². The maximum atomic E-state index is 12.5. The molecule has 230 valence electrons. The number of nitrogens with two attached hydrogens (primary N) is 1. The van der Waals surface area contributed by atoms with E-state index in [2.05, 4.69) is 79.1 Å². The van der Waals surface area contributed by atoms with E-state index in [1.807, 2.05) is 31.3 Å². The largest absolute Gasteiger partial charge is 0.378 e. The number of carbonyl (C=O) groups is 2. The third-order valence-electron chi connectivity index (χ3n) is 8.57. The van der Waals surface area contributed by atoms with E-state index in [1.165, 1.54) is 80.3 Å².